The molecule has 3 aromatic rings. The van der Waals surface area contributed by atoms with E-state index in [0.717, 1.165) is 54.5 Å². The van der Waals surface area contributed by atoms with Crippen LogP contribution in [0.25, 0.3) is 22.0 Å². The number of aromatic nitrogens is 3. The van der Waals surface area contributed by atoms with Gasteiger partial charge in [0, 0.05) is 49.1 Å². The summed E-state index contributed by atoms with van der Waals surface area (Å²) in [5.41, 5.74) is 4.63. The number of hydrogen-bond acceptors (Lipinski definition) is 5. The molecule has 0 unspecified atom stereocenters. The molecule has 0 spiro atoms. The topological polar surface area (TPSA) is 83.1 Å². The first-order chi connectivity index (χ1) is 14.8. The molecule has 30 heavy (non-hydrogen) atoms. The Bertz CT molecular complexity index is 1040. The number of carbonyl (C=O) groups excluding carboxylic acids is 1. The summed E-state index contributed by atoms with van der Waals surface area (Å²) in [5, 5.41) is 11.2. The minimum Gasteiger partial charge on any atom is -0.381 e. The van der Waals surface area contributed by atoms with E-state index in [1.807, 2.05) is 24.5 Å². The van der Waals surface area contributed by atoms with Crippen LogP contribution in [-0.2, 0) is 11.3 Å². The van der Waals surface area contributed by atoms with E-state index in [-0.39, 0.29) is 11.9 Å². The van der Waals surface area contributed by atoms with Crippen molar-refractivity contribution in [2.24, 2.45) is 0 Å². The molecular weight excluding hydrogens is 378 g/mol. The molecule has 0 aliphatic carbocycles. The number of likely N-dealkylation sites (tertiary alicyclic amines) is 1. The van der Waals surface area contributed by atoms with Crippen LogP contribution in [0.15, 0.2) is 36.7 Å². The standard InChI is InChI=1S/C23H27N5O2/c29-23(25-19-5-9-30-10-6-19)22-20-12-17(3-4-21(20)26-27-22)18-11-16(13-24-14-18)15-28-7-1-2-8-28/h3-4,11-14,19H,1-2,5-10,15H2,(H,25,29)(H,26,27). The highest BCUT2D eigenvalue weighted by Gasteiger charge is 2.21. The third kappa shape index (κ3) is 4.08. The van der Waals surface area contributed by atoms with Gasteiger partial charge in [-0.15, -0.1) is 0 Å². The third-order valence-electron chi connectivity index (χ3n) is 6.07. The Hall–Kier alpha value is -2.77. The van der Waals surface area contributed by atoms with E-state index in [1.165, 1.54) is 18.4 Å². The Morgan fingerprint density at radius 1 is 1.13 bits per heavy atom. The Morgan fingerprint density at radius 3 is 2.80 bits per heavy atom. The summed E-state index contributed by atoms with van der Waals surface area (Å²) in [6.45, 7) is 4.65. The van der Waals surface area contributed by atoms with Crippen LogP contribution in [0.3, 0.4) is 0 Å². The summed E-state index contributed by atoms with van der Waals surface area (Å²) in [6.07, 6.45) is 8.08. The summed E-state index contributed by atoms with van der Waals surface area (Å²) < 4.78 is 5.38. The monoisotopic (exact) mass is 405 g/mol. The Balaban J connectivity index is 1.39. The number of fused-ring (bicyclic) bond motifs is 1. The maximum atomic E-state index is 12.8. The number of pyridine rings is 1. The highest BCUT2D eigenvalue weighted by atomic mass is 16.5. The molecule has 2 N–H and O–H groups in total. The van der Waals surface area contributed by atoms with Gasteiger partial charge in [-0.2, -0.15) is 5.10 Å². The fourth-order valence-corrected chi connectivity index (χ4v) is 4.39. The first-order valence-corrected chi connectivity index (χ1v) is 10.8. The molecule has 0 radical (unpaired) electrons. The van der Waals surface area contributed by atoms with Crippen LogP contribution >= 0.6 is 0 Å². The lowest BCUT2D eigenvalue weighted by Gasteiger charge is -2.22. The maximum Gasteiger partial charge on any atom is 0.272 e. The van der Waals surface area contributed by atoms with E-state index in [9.17, 15) is 4.79 Å². The number of benzene rings is 1. The smallest absolute Gasteiger partial charge is 0.272 e. The zero-order valence-electron chi connectivity index (χ0n) is 17.1. The molecule has 0 saturated carbocycles. The lowest BCUT2D eigenvalue weighted by molar-refractivity contribution is 0.0695. The Morgan fingerprint density at radius 2 is 1.97 bits per heavy atom. The van der Waals surface area contributed by atoms with E-state index in [1.54, 1.807) is 0 Å². The van der Waals surface area contributed by atoms with Crippen molar-refractivity contribution in [3.05, 3.63) is 47.9 Å². The van der Waals surface area contributed by atoms with Gasteiger partial charge in [-0.1, -0.05) is 6.07 Å². The predicted molar refractivity (Wildman–Crippen MR) is 115 cm³/mol. The molecule has 4 heterocycles. The molecule has 1 aromatic carbocycles. The van der Waals surface area contributed by atoms with Gasteiger partial charge in [0.25, 0.3) is 5.91 Å². The number of nitrogens with zero attached hydrogens (tertiary/aromatic N) is 3. The van der Waals surface area contributed by atoms with Gasteiger partial charge in [0.15, 0.2) is 5.69 Å². The second-order valence-corrected chi connectivity index (χ2v) is 8.26. The molecule has 1 amide bonds. The van der Waals surface area contributed by atoms with E-state index < -0.39 is 0 Å². The Kier molecular flexibility index (Phi) is 5.46. The number of carbonyl (C=O) groups is 1. The van der Waals surface area contributed by atoms with Crippen molar-refractivity contribution in [1.29, 1.82) is 0 Å². The second-order valence-electron chi connectivity index (χ2n) is 8.26. The fourth-order valence-electron chi connectivity index (χ4n) is 4.39. The van der Waals surface area contributed by atoms with Gasteiger partial charge >= 0.3 is 0 Å². The van der Waals surface area contributed by atoms with E-state index in [2.05, 4.69) is 37.5 Å². The lowest BCUT2D eigenvalue weighted by atomic mass is 10.0. The zero-order chi connectivity index (χ0) is 20.3. The normalized spacial score (nSPS) is 18.1. The van der Waals surface area contributed by atoms with Crippen molar-refractivity contribution in [2.75, 3.05) is 26.3 Å². The second kappa shape index (κ2) is 8.53. The number of ether oxygens (including phenoxy) is 1. The molecule has 0 atom stereocenters. The van der Waals surface area contributed by atoms with Crippen molar-refractivity contribution in [2.45, 2.75) is 38.3 Å². The number of amides is 1. The van der Waals surface area contributed by atoms with Crippen molar-refractivity contribution < 1.29 is 9.53 Å². The van der Waals surface area contributed by atoms with Crippen molar-refractivity contribution in [3.63, 3.8) is 0 Å². The van der Waals surface area contributed by atoms with Crippen LogP contribution in [0, 0.1) is 0 Å². The number of hydrogen-bond donors (Lipinski definition) is 2. The molecule has 5 rings (SSSR count). The van der Waals surface area contributed by atoms with Crippen LogP contribution in [0.5, 0.6) is 0 Å². The van der Waals surface area contributed by atoms with Crippen LogP contribution in [0.2, 0.25) is 0 Å². The quantitative estimate of drug-likeness (QED) is 0.681. The van der Waals surface area contributed by atoms with Crippen LogP contribution < -0.4 is 5.32 Å². The molecule has 7 heteroatoms. The minimum atomic E-state index is -0.133. The van der Waals surface area contributed by atoms with E-state index in [4.69, 9.17) is 4.74 Å². The summed E-state index contributed by atoms with van der Waals surface area (Å²) in [7, 11) is 0. The predicted octanol–water partition coefficient (Wildman–Crippen LogP) is 3.13. The summed E-state index contributed by atoms with van der Waals surface area (Å²) in [4.78, 5) is 19.8. The van der Waals surface area contributed by atoms with Gasteiger partial charge in [0.1, 0.15) is 0 Å². The molecule has 2 aromatic heterocycles. The van der Waals surface area contributed by atoms with Gasteiger partial charge in [-0.3, -0.25) is 19.8 Å². The fraction of sp³-hybridized carbons (Fsp3) is 0.435. The molecule has 156 valence electrons. The van der Waals surface area contributed by atoms with Gasteiger partial charge in [0.05, 0.1) is 5.52 Å². The first-order valence-electron chi connectivity index (χ1n) is 10.8. The number of aromatic amines is 1. The molecular formula is C23H27N5O2. The minimum absolute atomic E-state index is 0.133. The van der Waals surface area contributed by atoms with Crippen molar-refractivity contribution in [1.82, 2.24) is 25.4 Å². The van der Waals surface area contributed by atoms with Crippen molar-refractivity contribution >= 4 is 16.8 Å². The summed E-state index contributed by atoms with van der Waals surface area (Å²) >= 11 is 0. The number of rotatable bonds is 5. The van der Waals surface area contributed by atoms with Crippen LogP contribution in [0.1, 0.15) is 41.7 Å². The third-order valence-corrected chi connectivity index (χ3v) is 6.07. The van der Waals surface area contributed by atoms with E-state index in [0.29, 0.717) is 18.9 Å². The molecule has 0 bridgehead atoms. The average Bonchev–Trinajstić information content (AvgIpc) is 3.44. The molecule has 2 aliphatic heterocycles. The van der Waals surface area contributed by atoms with Gasteiger partial charge in [-0.05, 0) is 68.1 Å². The molecule has 7 nitrogen and oxygen atoms in total. The molecule has 2 fully saturated rings. The summed E-state index contributed by atoms with van der Waals surface area (Å²) in [5.74, 6) is -0.133. The lowest BCUT2D eigenvalue weighted by Crippen LogP contribution is -2.39. The van der Waals surface area contributed by atoms with Gasteiger partial charge in [-0.25, -0.2) is 0 Å². The largest absolute Gasteiger partial charge is 0.381 e. The SMILES string of the molecule is O=C(NC1CCOCC1)c1n[nH]c2ccc(-c3cncc(CN4CCCC4)c3)cc12. The highest BCUT2D eigenvalue weighted by Crippen LogP contribution is 2.26. The number of nitrogens with one attached hydrogen (secondary N) is 2. The van der Waals surface area contributed by atoms with Crippen molar-refractivity contribution in [3.8, 4) is 11.1 Å². The number of H-pyrrole nitrogens is 1. The van der Waals surface area contributed by atoms with Crippen LogP contribution in [-0.4, -0.2) is 58.3 Å². The summed E-state index contributed by atoms with van der Waals surface area (Å²) in [6, 6.07) is 8.42. The zero-order valence-corrected chi connectivity index (χ0v) is 17.1. The van der Waals surface area contributed by atoms with Gasteiger partial charge < -0.3 is 10.1 Å². The van der Waals surface area contributed by atoms with E-state index >= 15 is 0 Å². The first kappa shape index (κ1) is 19.2. The van der Waals surface area contributed by atoms with Gasteiger partial charge in [0.2, 0.25) is 0 Å². The molecule has 2 aliphatic rings. The van der Waals surface area contributed by atoms with Crippen LogP contribution in [0.4, 0.5) is 0 Å². The molecule has 2 saturated heterocycles. The Labute approximate surface area is 175 Å². The maximum absolute atomic E-state index is 12.8. The average molecular weight is 406 g/mol. The highest BCUT2D eigenvalue weighted by molar-refractivity contribution is 6.05.